The van der Waals surface area contributed by atoms with Crippen molar-refractivity contribution in [3.63, 3.8) is 0 Å². The van der Waals surface area contributed by atoms with Crippen LogP contribution in [0.5, 0.6) is 0 Å². The fourth-order valence-electron chi connectivity index (χ4n) is 1.82. The van der Waals surface area contributed by atoms with Gasteiger partial charge in [0.1, 0.15) is 0 Å². The monoisotopic (exact) mass is 366 g/mol. The Morgan fingerprint density at radius 1 is 0.917 bits per heavy atom. The highest BCUT2D eigenvalue weighted by atomic mass is 35.5. The maximum Gasteiger partial charge on any atom is 0.339 e. The SMILES string of the molecule is COC(=O)c1ccccc1NC(=O)C(=O)Nc1ccc(Cl)c(Cl)c1. The Labute approximate surface area is 147 Å². The number of hydrogen-bond donors (Lipinski definition) is 2. The van der Waals surface area contributed by atoms with Crippen LogP contribution in [-0.2, 0) is 14.3 Å². The van der Waals surface area contributed by atoms with Gasteiger partial charge in [-0.1, -0.05) is 35.3 Å². The molecule has 2 rings (SSSR count). The number of ether oxygens (including phenoxy) is 1. The van der Waals surface area contributed by atoms with Gasteiger partial charge in [0.25, 0.3) is 0 Å². The van der Waals surface area contributed by atoms with E-state index in [1.165, 1.54) is 37.4 Å². The van der Waals surface area contributed by atoms with Gasteiger partial charge in [0, 0.05) is 5.69 Å². The lowest BCUT2D eigenvalue weighted by Crippen LogP contribution is -2.29. The number of amides is 2. The lowest BCUT2D eigenvalue weighted by molar-refractivity contribution is -0.133. The average molecular weight is 367 g/mol. The summed E-state index contributed by atoms with van der Waals surface area (Å²) in [6.07, 6.45) is 0. The summed E-state index contributed by atoms with van der Waals surface area (Å²) >= 11 is 11.6. The van der Waals surface area contributed by atoms with Gasteiger partial charge < -0.3 is 15.4 Å². The molecule has 0 aliphatic rings. The van der Waals surface area contributed by atoms with E-state index >= 15 is 0 Å². The number of halogens is 2. The smallest absolute Gasteiger partial charge is 0.339 e. The first-order valence-electron chi connectivity index (χ1n) is 6.67. The predicted octanol–water partition coefficient (Wildman–Crippen LogP) is 3.36. The maximum absolute atomic E-state index is 12.0. The quantitative estimate of drug-likeness (QED) is 0.644. The normalized spacial score (nSPS) is 9.96. The third-order valence-corrected chi connectivity index (χ3v) is 3.70. The van der Waals surface area contributed by atoms with E-state index in [0.29, 0.717) is 10.7 Å². The molecule has 0 aromatic heterocycles. The number of benzene rings is 2. The molecule has 0 heterocycles. The summed E-state index contributed by atoms with van der Waals surface area (Å²) in [7, 11) is 1.22. The number of methoxy groups -OCH3 is 1. The van der Waals surface area contributed by atoms with E-state index in [0.717, 1.165) is 0 Å². The van der Waals surface area contributed by atoms with Gasteiger partial charge in [-0.3, -0.25) is 9.59 Å². The summed E-state index contributed by atoms with van der Waals surface area (Å²) in [5, 5.41) is 5.31. The minimum Gasteiger partial charge on any atom is -0.465 e. The van der Waals surface area contributed by atoms with E-state index < -0.39 is 17.8 Å². The lowest BCUT2D eigenvalue weighted by Gasteiger charge is -2.10. The van der Waals surface area contributed by atoms with Gasteiger partial charge in [-0.2, -0.15) is 0 Å². The van der Waals surface area contributed by atoms with Crippen LogP contribution < -0.4 is 10.6 Å². The van der Waals surface area contributed by atoms with Gasteiger partial charge in [0.2, 0.25) is 0 Å². The van der Waals surface area contributed by atoms with Crippen LogP contribution in [0.3, 0.4) is 0 Å². The molecule has 0 saturated heterocycles. The van der Waals surface area contributed by atoms with Crippen molar-refractivity contribution >= 4 is 52.4 Å². The first-order valence-corrected chi connectivity index (χ1v) is 7.42. The van der Waals surface area contributed by atoms with Gasteiger partial charge in [0.05, 0.1) is 28.4 Å². The number of carbonyl (C=O) groups excluding carboxylic acids is 3. The van der Waals surface area contributed by atoms with Crippen molar-refractivity contribution in [1.29, 1.82) is 0 Å². The van der Waals surface area contributed by atoms with Crippen molar-refractivity contribution in [2.24, 2.45) is 0 Å². The predicted molar refractivity (Wildman–Crippen MR) is 91.5 cm³/mol. The minimum atomic E-state index is -0.947. The topological polar surface area (TPSA) is 84.5 Å². The Bertz CT molecular complexity index is 808. The van der Waals surface area contributed by atoms with Crippen molar-refractivity contribution in [1.82, 2.24) is 0 Å². The minimum absolute atomic E-state index is 0.135. The van der Waals surface area contributed by atoms with Crippen molar-refractivity contribution in [2.45, 2.75) is 0 Å². The molecule has 2 N–H and O–H groups in total. The molecule has 0 atom stereocenters. The molecule has 2 amide bonds. The largest absolute Gasteiger partial charge is 0.465 e. The molecule has 6 nitrogen and oxygen atoms in total. The number of esters is 1. The zero-order valence-electron chi connectivity index (χ0n) is 12.4. The number of carbonyl (C=O) groups is 3. The third kappa shape index (κ3) is 4.24. The summed E-state index contributed by atoms with van der Waals surface area (Å²) < 4.78 is 4.62. The third-order valence-electron chi connectivity index (χ3n) is 2.96. The highest BCUT2D eigenvalue weighted by Crippen LogP contribution is 2.25. The van der Waals surface area contributed by atoms with E-state index in [1.807, 2.05) is 0 Å². The molecule has 24 heavy (non-hydrogen) atoms. The zero-order valence-corrected chi connectivity index (χ0v) is 13.9. The number of nitrogens with one attached hydrogen (secondary N) is 2. The fraction of sp³-hybridized carbons (Fsp3) is 0.0625. The molecule has 0 bridgehead atoms. The van der Waals surface area contributed by atoms with Crippen LogP contribution in [0.4, 0.5) is 11.4 Å². The number of rotatable bonds is 3. The molecule has 0 unspecified atom stereocenters. The molecule has 0 aliphatic heterocycles. The van der Waals surface area contributed by atoms with Crippen molar-refractivity contribution in [3.05, 3.63) is 58.1 Å². The van der Waals surface area contributed by atoms with Crippen LogP contribution in [0.1, 0.15) is 10.4 Å². The van der Waals surface area contributed by atoms with E-state index in [1.54, 1.807) is 12.1 Å². The zero-order chi connectivity index (χ0) is 17.7. The van der Waals surface area contributed by atoms with Crippen LogP contribution in [0, 0.1) is 0 Å². The van der Waals surface area contributed by atoms with Gasteiger partial charge in [-0.15, -0.1) is 0 Å². The van der Waals surface area contributed by atoms with Crippen molar-refractivity contribution in [3.8, 4) is 0 Å². The Balaban J connectivity index is 2.11. The Morgan fingerprint density at radius 2 is 1.58 bits per heavy atom. The first kappa shape index (κ1) is 17.8. The summed E-state index contributed by atoms with van der Waals surface area (Å²) in [5.74, 6) is -2.50. The number of hydrogen-bond acceptors (Lipinski definition) is 4. The average Bonchev–Trinajstić information content (AvgIpc) is 2.58. The van der Waals surface area contributed by atoms with E-state index in [-0.39, 0.29) is 16.3 Å². The van der Waals surface area contributed by atoms with E-state index in [2.05, 4.69) is 15.4 Å². The Kier molecular flexibility index (Phi) is 5.78. The number of para-hydroxylation sites is 1. The van der Waals surface area contributed by atoms with Gasteiger partial charge in [-0.05, 0) is 30.3 Å². The first-order chi connectivity index (χ1) is 11.4. The van der Waals surface area contributed by atoms with Crippen LogP contribution in [0.25, 0.3) is 0 Å². The molecule has 2 aromatic carbocycles. The molecule has 2 aromatic rings. The lowest BCUT2D eigenvalue weighted by atomic mass is 10.2. The molecule has 0 spiro atoms. The van der Waals surface area contributed by atoms with Crippen LogP contribution >= 0.6 is 23.2 Å². The second-order valence-corrected chi connectivity index (χ2v) is 5.39. The van der Waals surface area contributed by atoms with Crippen molar-refractivity contribution in [2.75, 3.05) is 17.7 Å². The second kappa shape index (κ2) is 7.81. The highest BCUT2D eigenvalue weighted by molar-refractivity contribution is 6.44. The molecular weight excluding hydrogens is 355 g/mol. The van der Waals surface area contributed by atoms with Crippen LogP contribution in [-0.4, -0.2) is 24.9 Å². The standard InChI is InChI=1S/C16H12Cl2N2O4/c1-24-16(23)10-4-2-3-5-13(10)20-15(22)14(21)19-9-6-7-11(17)12(18)8-9/h2-8H,1H3,(H,19,21)(H,20,22). The Hall–Kier alpha value is -2.57. The van der Waals surface area contributed by atoms with Crippen LogP contribution in [0.15, 0.2) is 42.5 Å². The number of anilines is 2. The fourth-order valence-corrected chi connectivity index (χ4v) is 2.12. The Morgan fingerprint density at radius 3 is 2.25 bits per heavy atom. The van der Waals surface area contributed by atoms with Crippen LogP contribution in [0.2, 0.25) is 10.0 Å². The summed E-state index contributed by atoms with van der Waals surface area (Å²) in [6.45, 7) is 0. The molecule has 0 radical (unpaired) electrons. The van der Waals surface area contributed by atoms with Crippen molar-refractivity contribution < 1.29 is 19.1 Å². The molecule has 0 aliphatic carbocycles. The molecule has 0 fully saturated rings. The van der Waals surface area contributed by atoms with Gasteiger partial charge in [0.15, 0.2) is 0 Å². The van der Waals surface area contributed by atoms with Gasteiger partial charge >= 0.3 is 17.8 Å². The van der Waals surface area contributed by atoms with E-state index in [4.69, 9.17) is 23.2 Å². The molecule has 124 valence electrons. The summed E-state index contributed by atoms with van der Waals surface area (Å²) in [4.78, 5) is 35.6. The summed E-state index contributed by atoms with van der Waals surface area (Å²) in [6, 6.07) is 10.6. The highest BCUT2D eigenvalue weighted by Gasteiger charge is 2.18. The van der Waals surface area contributed by atoms with Gasteiger partial charge in [-0.25, -0.2) is 4.79 Å². The molecule has 0 saturated carbocycles. The maximum atomic E-state index is 12.0. The second-order valence-electron chi connectivity index (χ2n) is 4.57. The van der Waals surface area contributed by atoms with E-state index in [9.17, 15) is 14.4 Å². The summed E-state index contributed by atoms with van der Waals surface area (Å²) in [5.41, 5.74) is 0.611. The molecule has 8 heteroatoms. The molecular formula is C16H12Cl2N2O4.